The SMILES string of the molecule is COC(=O)c1ccccc1Cn1ccnc1-c1ccc(F)cc1F. The van der Waals surface area contributed by atoms with E-state index in [1.807, 2.05) is 0 Å². The summed E-state index contributed by atoms with van der Waals surface area (Å²) in [4.78, 5) is 16.0. The summed E-state index contributed by atoms with van der Waals surface area (Å²) < 4.78 is 33.6. The second-order valence-corrected chi connectivity index (χ2v) is 5.15. The largest absolute Gasteiger partial charge is 0.465 e. The lowest BCUT2D eigenvalue weighted by molar-refractivity contribution is 0.0599. The van der Waals surface area contributed by atoms with E-state index in [0.717, 1.165) is 6.07 Å². The van der Waals surface area contributed by atoms with Crippen LogP contribution in [-0.2, 0) is 11.3 Å². The lowest BCUT2D eigenvalue weighted by atomic mass is 10.1. The molecule has 3 aromatic rings. The molecule has 1 aromatic heterocycles. The van der Waals surface area contributed by atoms with Crippen LogP contribution in [0.2, 0.25) is 0 Å². The average molecular weight is 328 g/mol. The number of benzene rings is 2. The molecule has 0 aliphatic heterocycles. The Morgan fingerprint density at radius 3 is 2.75 bits per heavy atom. The van der Waals surface area contributed by atoms with E-state index in [1.54, 1.807) is 35.0 Å². The Labute approximate surface area is 137 Å². The summed E-state index contributed by atoms with van der Waals surface area (Å²) in [5.74, 6) is -1.43. The molecule has 6 heteroatoms. The minimum absolute atomic E-state index is 0.192. The second-order valence-electron chi connectivity index (χ2n) is 5.15. The Morgan fingerprint density at radius 2 is 2.00 bits per heavy atom. The maximum absolute atomic E-state index is 14.0. The Hall–Kier alpha value is -3.02. The van der Waals surface area contributed by atoms with Crippen LogP contribution in [0, 0.1) is 11.6 Å². The van der Waals surface area contributed by atoms with Gasteiger partial charge in [0.15, 0.2) is 0 Å². The molecule has 0 bridgehead atoms. The van der Waals surface area contributed by atoms with Crippen molar-refractivity contribution >= 4 is 5.97 Å². The number of rotatable bonds is 4. The zero-order chi connectivity index (χ0) is 17.1. The van der Waals surface area contributed by atoms with Crippen molar-refractivity contribution < 1.29 is 18.3 Å². The number of aromatic nitrogens is 2. The molecule has 0 radical (unpaired) electrons. The standard InChI is InChI=1S/C18H14F2N2O2/c1-24-18(23)14-5-3-2-4-12(14)11-22-9-8-21-17(22)15-7-6-13(19)10-16(15)20/h2-10H,11H2,1H3. The first-order chi connectivity index (χ1) is 11.6. The van der Waals surface area contributed by atoms with Crippen LogP contribution in [-0.4, -0.2) is 22.6 Å². The van der Waals surface area contributed by atoms with Gasteiger partial charge in [-0.05, 0) is 23.8 Å². The molecule has 1 heterocycles. The molecule has 0 atom stereocenters. The van der Waals surface area contributed by atoms with Crippen LogP contribution in [0.4, 0.5) is 8.78 Å². The molecule has 0 fully saturated rings. The van der Waals surface area contributed by atoms with Crippen LogP contribution >= 0.6 is 0 Å². The van der Waals surface area contributed by atoms with Gasteiger partial charge in [0.2, 0.25) is 0 Å². The van der Waals surface area contributed by atoms with Crippen molar-refractivity contribution in [3.63, 3.8) is 0 Å². The first-order valence-corrected chi connectivity index (χ1v) is 7.23. The van der Waals surface area contributed by atoms with E-state index in [-0.39, 0.29) is 5.56 Å². The number of methoxy groups -OCH3 is 1. The van der Waals surface area contributed by atoms with Gasteiger partial charge < -0.3 is 9.30 Å². The third kappa shape index (κ3) is 3.03. The maximum atomic E-state index is 14.0. The molecular weight excluding hydrogens is 314 g/mol. The van der Waals surface area contributed by atoms with Gasteiger partial charge in [0.25, 0.3) is 0 Å². The molecule has 4 nitrogen and oxygen atoms in total. The summed E-state index contributed by atoms with van der Waals surface area (Å²) in [6.45, 7) is 0.303. The Kier molecular flexibility index (Phi) is 4.37. The fraction of sp³-hybridized carbons (Fsp3) is 0.111. The summed E-state index contributed by atoms with van der Waals surface area (Å²) in [5, 5.41) is 0. The van der Waals surface area contributed by atoms with Gasteiger partial charge in [0, 0.05) is 25.0 Å². The van der Waals surface area contributed by atoms with Crippen LogP contribution in [0.3, 0.4) is 0 Å². The van der Waals surface area contributed by atoms with E-state index in [2.05, 4.69) is 4.98 Å². The van der Waals surface area contributed by atoms with Crippen molar-refractivity contribution in [2.45, 2.75) is 6.54 Å². The molecule has 0 saturated heterocycles. The smallest absolute Gasteiger partial charge is 0.338 e. The van der Waals surface area contributed by atoms with Crippen LogP contribution < -0.4 is 0 Å². The summed E-state index contributed by atoms with van der Waals surface area (Å²) in [7, 11) is 1.32. The number of imidazole rings is 1. The van der Waals surface area contributed by atoms with Gasteiger partial charge in [-0.2, -0.15) is 0 Å². The second kappa shape index (κ2) is 6.62. The molecule has 0 saturated carbocycles. The highest BCUT2D eigenvalue weighted by atomic mass is 19.1. The van der Waals surface area contributed by atoms with Gasteiger partial charge in [-0.15, -0.1) is 0 Å². The third-order valence-corrected chi connectivity index (χ3v) is 3.65. The molecule has 0 aliphatic carbocycles. The van der Waals surface area contributed by atoms with E-state index < -0.39 is 17.6 Å². The molecule has 0 aliphatic rings. The first kappa shape index (κ1) is 15.9. The van der Waals surface area contributed by atoms with Gasteiger partial charge in [-0.25, -0.2) is 18.6 Å². The van der Waals surface area contributed by atoms with Crippen molar-refractivity contribution in [1.82, 2.24) is 9.55 Å². The number of halogens is 2. The number of hydrogen-bond donors (Lipinski definition) is 0. The molecule has 122 valence electrons. The molecule has 0 unspecified atom stereocenters. The van der Waals surface area contributed by atoms with Crippen molar-refractivity contribution in [3.05, 3.63) is 77.6 Å². The van der Waals surface area contributed by atoms with Crippen molar-refractivity contribution in [2.24, 2.45) is 0 Å². The van der Waals surface area contributed by atoms with E-state index in [4.69, 9.17) is 4.74 Å². The van der Waals surface area contributed by atoms with Crippen LogP contribution in [0.15, 0.2) is 54.9 Å². The van der Waals surface area contributed by atoms with Crippen molar-refractivity contribution in [1.29, 1.82) is 0 Å². The number of carbonyl (C=O) groups excluding carboxylic acids is 1. The van der Waals surface area contributed by atoms with E-state index >= 15 is 0 Å². The summed E-state index contributed by atoms with van der Waals surface area (Å²) in [6, 6.07) is 10.3. The normalized spacial score (nSPS) is 10.6. The average Bonchev–Trinajstić information content (AvgIpc) is 3.02. The molecule has 0 spiro atoms. The Morgan fingerprint density at radius 1 is 1.21 bits per heavy atom. The van der Waals surface area contributed by atoms with Gasteiger partial charge in [0.05, 0.1) is 18.2 Å². The van der Waals surface area contributed by atoms with Crippen molar-refractivity contribution in [2.75, 3.05) is 7.11 Å². The van der Waals surface area contributed by atoms with Gasteiger partial charge in [-0.3, -0.25) is 0 Å². The topological polar surface area (TPSA) is 44.1 Å². The van der Waals surface area contributed by atoms with Gasteiger partial charge in [-0.1, -0.05) is 18.2 Å². The van der Waals surface area contributed by atoms with Crippen LogP contribution in [0.5, 0.6) is 0 Å². The lowest BCUT2D eigenvalue weighted by Crippen LogP contribution is -2.09. The monoisotopic (exact) mass is 328 g/mol. The zero-order valence-electron chi connectivity index (χ0n) is 12.9. The Balaban J connectivity index is 1.99. The Bertz CT molecular complexity index is 890. The lowest BCUT2D eigenvalue weighted by Gasteiger charge is -2.11. The summed E-state index contributed by atoms with van der Waals surface area (Å²) in [5.41, 5.74) is 1.34. The van der Waals surface area contributed by atoms with Crippen LogP contribution in [0.25, 0.3) is 11.4 Å². The summed E-state index contributed by atoms with van der Waals surface area (Å²) in [6.07, 6.45) is 3.20. The van der Waals surface area contributed by atoms with Gasteiger partial charge in [0.1, 0.15) is 17.5 Å². The molecule has 3 rings (SSSR count). The highest BCUT2D eigenvalue weighted by Crippen LogP contribution is 2.23. The minimum Gasteiger partial charge on any atom is -0.465 e. The first-order valence-electron chi connectivity index (χ1n) is 7.23. The number of esters is 1. The fourth-order valence-electron chi connectivity index (χ4n) is 2.50. The number of ether oxygens (including phenoxy) is 1. The highest BCUT2D eigenvalue weighted by molar-refractivity contribution is 5.91. The van der Waals surface area contributed by atoms with E-state index in [0.29, 0.717) is 23.5 Å². The molecule has 24 heavy (non-hydrogen) atoms. The number of nitrogens with zero attached hydrogens (tertiary/aromatic N) is 2. The molecule has 0 N–H and O–H groups in total. The maximum Gasteiger partial charge on any atom is 0.338 e. The van der Waals surface area contributed by atoms with Gasteiger partial charge >= 0.3 is 5.97 Å². The minimum atomic E-state index is -0.691. The molecular formula is C18H14F2N2O2. The quantitative estimate of drug-likeness (QED) is 0.687. The number of hydrogen-bond acceptors (Lipinski definition) is 3. The molecule has 2 aromatic carbocycles. The molecule has 0 amide bonds. The van der Waals surface area contributed by atoms with E-state index in [9.17, 15) is 13.6 Å². The summed E-state index contributed by atoms with van der Waals surface area (Å²) >= 11 is 0. The predicted molar refractivity (Wildman–Crippen MR) is 84.5 cm³/mol. The predicted octanol–water partition coefficient (Wildman–Crippen LogP) is 3.66. The van der Waals surface area contributed by atoms with Crippen LogP contribution in [0.1, 0.15) is 15.9 Å². The third-order valence-electron chi connectivity index (χ3n) is 3.65. The fourth-order valence-corrected chi connectivity index (χ4v) is 2.50. The van der Waals surface area contributed by atoms with Crippen molar-refractivity contribution in [3.8, 4) is 11.4 Å². The highest BCUT2D eigenvalue weighted by Gasteiger charge is 2.15. The zero-order valence-corrected chi connectivity index (χ0v) is 12.9. The van der Waals surface area contributed by atoms with E-state index in [1.165, 1.54) is 25.4 Å². The number of carbonyl (C=O) groups is 1.